The van der Waals surface area contributed by atoms with Gasteiger partial charge in [-0.2, -0.15) is 0 Å². The summed E-state index contributed by atoms with van der Waals surface area (Å²) in [6.07, 6.45) is 0.954. The predicted molar refractivity (Wildman–Crippen MR) is 95.5 cm³/mol. The van der Waals surface area contributed by atoms with Crippen LogP contribution < -0.4 is 19.5 Å². The number of ether oxygens (including phenoxy) is 2. The molecule has 9 heteroatoms. The fraction of sp³-hybridized carbons (Fsp3) is 0.235. The molecule has 0 aliphatic rings. The SMILES string of the molecule is COc1cc(C(N)=O)c(N(Cc2ccccc2F)S(C)(=O)=O)cc1OC. The molecule has 0 heterocycles. The topological polar surface area (TPSA) is 98.9 Å². The van der Waals surface area contributed by atoms with E-state index in [4.69, 9.17) is 15.2 Å². The fourth-order valence-corrected chi connectivity index (χ4v) is 3.32. The average Bonchev–Trinajstić information content (AvgIpc) is 2.58. The largest absolute Gasteiger partial charge is 0.493 e. The van der Waals surface area contributed by atoms with Gasteiger partial charge >= 0.3 is 0 Å². The third kappa shape index (κ3) is 4.05. The Morgan fingerprint density at radius 2 is 1.73 bits per heavy atom. The van der Waals surface area contributed by atoms with Crippen LogP contribution in [0.25, 0.3) is 0 Å². The maximum Gasteiger partial charge on any atom is 0.250 e. The molecule has 2 aromatic carbocycles. The minimum atomic E-state index is -3.87. The highest BCUT2D eigenvalue weighted by Gasteiger charge is 2.26. The maximum absolute atomic E-state index is 14.0. The van der Waals surface area contributed by atoms with Crippen molar-refractivity contribution in [2.75, 3.05) is 24.8 Å². The van der Waals surface area contributed by atoms with Gasteiger partial charge < -0.3 is 15.2 Å². The van der Waals surface area contributed by atoms with Crippen LogP contribution in [-0.4, -0.2) is 34.8 Å². The van der Waals surface area contributed by atoms with Gasteiger partial charge in [0.05, 0.1) is 38.3 Å². The number of anilines is 1. The van der Waals surface area contributed by atoms with E-state index < -0.39 is 21.7 Å². The predicted octanol–water partition coefficient (Wildman–Crippen LogP) is 1.91. The molecule has 0 radical (unpaired) electrons. The molecule has 0 spiro atoms. The monoisotopic (exact) mass is 382 g/mol. The molecule has 0 aromatic heterocycles. The molecule has 0 aliphatic heterocycles. The lowest BCUT2D eigenvalue weighted by molar-refractivity contribution is 0.100. The molecule has 0 atom stereocenters. The van der Waals surface area contributed by atoms with Crippen molar-refractivity contribution in [3.05, 3.63) is 53.3 Å². The van der Waals surface area contributed by atoms with Crippen molar-refractivity contribution in [3.8, 4) is 11.5 Å². The van der Waals surface area contributed by atoms with E-state index in [2.05, 4.69) is 0 Å². The van der Waals surface area contributed by atoms with E-state index in [1.54, 1.807) is 6.07 Å². The van der Waals surface area contributed by atoms with Gasteiger partial charge in [-0.05, 0) is 12.1 Å². The highest BCUT2D eigenvalue weighted by molar-refractivity contribution is 7.92. The summed E-state index contributed by atoms with van der Waals surface area (Å²) in [5.41, 5.74) is 5.42. The van der Waals surface area contributed by atoms with E-state index in [1.807, 2.05) is 0 Å². The second-order valence-electron chi connectivity index (χ2n) is 5.45. The summed E-state index contributed by atoms with van der Waals surface area (Å²) < 4.78 is 49.9. The van der Waals surface area contributed by atoms with Crippen LogP contribution in [0.2, 0.25) is 0 Å². The number of nitrogens with two attached hydrogens (primary N) is 1. The molecule has 0 saturated carbocycles. The van der Waals surface area contributed by atoms with Crippen LogP contribution in [-0.2, 0) is 16.6 Å². The molecule has 2 rings (SSSR count). The van der Waals surface area contributed by atoms with Gasteiger partial charge in [-0.1, -0.05) is 18.2 Å². The van der Waals surface area contributed by atoms with Crippen molar-refractivity contribution in [2.45, 2.75) is 6.54 Å². The van der Waals surface area contributed by atoms with Gasteiger partial charge in [0.15, 0.2) is 11.5 Å². The number of hydrogen-bond acceptors (Lipinski definition) is 5. The number of amides is 1. The summed E-state index contributed by atoms with van der Waals surface area (Å²) in [7, 11) is -1.13. The summed E-state index contributed by atoms with van der Waals surface area (Å²) in [6.45, 7) is -0.318. The van der Waals surface area contributed by atoms with Crippen LogP contribution in [0.15, 0.2) is 36.4 Å². The Labute approximate surface area is 151 Å². The van der Waals surface area contributed by atoms with Gasteiger partial charge in [0, 0.05) is 11.6 Å². The van der Waals surface area contributed by atoms with Gasteiger partial charge in [0.1, 0.15) is 5.82 Å². The lowest BCUT2D eigenvalue weighted by atomic mass is 10.1. The van der Waals surface area contributed by atoms with Gasteiger partial charge in [-0.15, -0.1) is 0 Å². The van der Waals surface area contributed by atoms with Crippen LogP contribution in [0.5, 0.6) is 11.5 Å². The number of benzene rings is 2. The number of rotatable bonds is 7. The van der Waals surface area contributed by atoms with Gasteiger partial charge in [0.2, 0.25) is 10.0 Å². The van der Waals surface area contributed by atoms with Gasteiger partial charge in [-0.25, -0.2) is 12.8 Å². The van der Waals surface area contributed by atoms with Gasteiger partial charge in [-0.3, -0.25) is 9.10 Å². The Bertz CT molecular complexity index is 931. The molecule has 1 amide bonds. The number of nitrogens with zero attached hydrogens (tertiary/aromatic N) is 1. The number of carbonyl (C=O) groups excluding carboxylic acids is 1. The number of halogens is 1. The standard InChI is InChI=1S/C17H19FN2O5S/c1-24-15-8-12(17(19)21)14(9-16(15)25-2)20(26(3,22)23)10-11-6-4-5-7-13(11)18/h4-9H,10H2,1-3H3,(H2,19,21). The second-order valence-corrected chi connectivity index (χ2v) is 7.36. The molecule has 0 fully saturated rings. The lowest BCUT2D eigenvalue weighted by Crippen LogP contribution is -2.32. The molecule has 2 aromatic rings. The first kappa shape index (κ1) is 19.5. The van der Waals surface area contributed by atoms with Crippen molar-refractivity contribution < 1.29 is 27.1 Å². The number of carbonyl (C=O) groups is 1. The zero-order chi connectivity index (χ0) is 19.5. The summed E-state index contributed by atoms with van der Waals surface area (Å²) in [6, 6.07) is 8.37. The van der Waals surface area contributed by atoms with Crippen molar-refractivity contribution in [3.63, 3.8) is 0 Å². The molecule has 26 heavy (non-hydrogen) atoms. The van der Waals surface area contributed by atoms with E-state index in [0.717, 1.165) is 10.6 Å². The average molecular weight is 382 g/mol. The van der Waals surface area contributed by atoms with E-state index in [9.17, 15) is 17.6 Å². The normalized spacial score (nSPS) is 11.1. The van der Waals surface area contributed by atoms with E-state index in [0.29, 0.717) is 0 Å². The Morgan fingerprint density at radius 1 is 1.15 bits per heavy atom. The Morgan fingerprint density at radius 3 is 2.23 bits per heavy atom. The molecule has 0 saturated heterocycles. The molecule has 0 unspecified atom stereocenters. The lowest BCUT2D eigenvalue weighted by Gasteiger charge is -2.25. The first-order chi connectivity index (χ1) is 12.2. The third-order valence-corrected chi connectivity index (χ3v) is 4.83. The first-order valence-electron chi connectivity index (χ1n) is 7.46. The quantitative estimate of drug-likeness (QED) is 0.789. The Kier molecular flexibility index (Phi) is 5.71. The molecular weight excluding hydrogens is 363 g/mol. The third-order valence-electron chi connectivity index (χ3n) is 3.71. The Hall–Kier alpha value is -2.81. The Balaban J connectivity index is 2.68. The van der Waals surface area contributed by atoms with Crippen molar-refractivity contribution >= 4 is 21.6 Å². The molecule has 0 bridgehead atoms. The smallest absolute Gasteiger partial charge is 0.250 e. The second kappa shape index (κ2) is 7.61. The highest BCUT2D eigenvalue weighted by atomic mass is 32.2. The number of methoxy groups -OCH3 is 2. The van der Waals surface area contributed by atoms with Crippen LogP contribution in [0, 0.1) is 5.82 Å². The summed E-state index contributed by atoms with van der Waals surface area (Å²) in [5, 5.41) is 0. The van der Waals surface area contributed by atoms with E-state index in [-0.39, 0.29) is 34.9 Å². The number of sulfonamides is 1. The zero-order valence-corrected chi connectivity index (χ0v) is 15.3. The molecule has 0 aliphatic carbocycles. The van der Waals surface area contributed by atoms with Crippen LogP contribution >= 0.6 is 0 Å². The summed E-state index contributed by atoms with van der Waals surface area (Å²) in [4.78, 5) is 11.9. The molecule has 2 N–H and O–H groups in total. The van der Waals surface area contributed by atoms with Crippen molar-refractivity contribution in [1.29, 1.82) is 0 Å². The summed E-state index contributed by atoms with van der Waals surface area (Å²) >= 11 is 0. The van der Waals surface area contributed by atoms with E-state index in [1.165, 1.54) is 44.6 Å². The molecule has 140 valence electrons. The highest BCUT2D eigenvalue weighted by Crippen LogP contribution is 2.36. The zero-order valence-electron chi connectivity index (χ0n) is 14.5. The van der Waals surface area contributed by atoms with Crippen molar-refractivity contribution in [2.24, 2.45) is 5.73 Å². The van der Waals surface area contributed by atoms with Gasteiger partial charge in [0.25, 0.3) is 5.91 Å². The minimum Gasteiger partial charge on any atom is -0.493 e. The van der Waals surface area contributed by atoms with Crippen LogP contribution in [0.4, 0.5) is 10.1 Å². The number of primary amides is 1. The fourth-order valence-electron chi connectivity index (χ4n) is 2.43. The molecule has 7 nitrogen and oxygen atoms in total. The number of hydrogen-bond donors (Lipinski definition) is 1. The van der Waals surface area contributed by atoms with E-state index >= 15 is 0 Å². The summed E-state index contributed by atoms with van der Waals surface area (Å²) in [5.74, 6) is -1.01. The molecular formula is C17H19FN2O5S. The first-order valence-corrected chi connectivity index (χ1v) is 9.30. The maximum atomic E-state index is 14.0. The minimum absolute atomic E-state index is 0.0269. The van der Waals surface area contributed by atoms with Crippen molar-refractivity contribution in [1.82, 2.24) is 0 Å². The van der Waals surface area contributed by atoms with Crippen LogP contribution in [0.1, 0.15) is 15.9 Å². The van der Waals surface area contributed by atoms with Crippen LogP contribution in [0.3, 0.4) is 0 Å².